The van der Waals surface area contributed by atoms with Gasteiger partial charge >= 0.3 is 0 Å². The Morgan fingerprint density at radius 2 is 2.00 bits per heavy atom. The Kier molecular flexibility index (Phi) is 6.83. The van der Waals surface area contributed by atoms with Crippen LogP contribution in [0.4, 0.5) is 0 Å². The number of nitrogens with two attached hydrogens (primary N) is 1. The van der Waals surface area contributed by atoms with E-state index in [4.69, 9.17) is 5.73 Å². The second-order valence-corrected chi connectivity index (χ2v) is 5.85. The van der Waals surface area contributed by atoms with Gasteiger partial charge in [-0.3, -0.25) is 4.79 Å². The first-order chi connectivity index (χ1) is 8.63. The minimum Gasteiger partial charge on any atom is -0.355 e. The van der Waals surface area contributed by atoms with Crippen molar-refractivity contribution in [3.05, 3.63) is 35.9 Å². The zero-order valence-corrected chi connectivity index (χ0v) is 11.9. The Morgan fingerprint density at radius 3 is 2.61 bits per heavy atom. The number of hydrogen-bond acceptors (Lipinski definition) is 3. The molecule has 2 atom stereocenters. The molecule has 0 saturated heterocycles. The third-order valence-electron chi connectivity index (χ3n) is 2.74. The topological polar surface area (TPSA) is 55.1 Å². The standard InChI is InChI=1S/C14H22N2OS/c1-11(8-15)9-16-14(17)12(2)18-10-13-6-4-3-5-7-13/h3-7,11-12H,8-10,15H2,1-2H3,(H,16,17). The monoisotopic (exact) mass is 266 g/mol. The van der Waals surface area contributed by atoms with Gasteiger partial charge in [-0.1, -0.05) is 37.3 Å². The minimum atomic E-state index is -0.0322. The lowest BCUT2D eigenvalue weighted by Gasteiger charge is -2.14. The van der Waals surface area contributed by atoms with Crippen LogP contribution in [0.5, 0.6) is 0 Å². The first kappa shape index (κ1) is 15.1. The molecule has 0 aliphatic heterocycles. The van der Waals surface area contributed by atoms with E-state index in [1.165, 1.54) is 5.56 Å². The van der Waals surface area contributed by atoms with Crippen molar-refractivity contribution in [3.8, 4) is 0 Å². The number of carbonyl (C=O) groups excluding carboxylic acids is 1. The summed E-state index contributed by atoms with van der Waals surface area (Å²) in [6, 6.07) is 10.2. The van der Waals surface area contributed by atoms with Crippen LogP contribution in [0, 0.1) is 5.92 Å². The second-order valence-electron chi connectivity index (χ2n) is 4.52. The van der Waals surface area contributed by atoms with Crippen LogP contribution in [0.3, 0.4) is 0 Å². The normalized spacial score (nSPS) is 13.9. The maximum Gasteiger partial charge on any atom is 0.232 e. The molecule has 1 aromatic carbocycles. The molecule has 0 aliphatic carbocycles. The van der Waals surface area contributed by atoms with Gasteiger partial charge in [0.15, 0.2) is 0 Å². The van der Waals surface area contributed by atoms with Crippen LogP contribution in [0.1, 0.15) is 19.4 Å². The zero-order chi connectivity index (χ0) is 13.4. The van der Waals surface area contributed by atoms with Crippen LogP contribution >= 0.6 is 11.8 Å². The summed E-state index contributed by atoms with van der Waals surface area (Å²) in [6.07, 6.45) is 0. The molecule has 0 aliphatic rings. The molecule has 0 fully saturated rings. The van der Waals surface area contributed by atoms with Crippen molar-refractivity contribution in [2.75, 3.05) is 13.1 Å². The summed E-state index contributed by atoms with van der Waals surface area (Å²) in [5.41, 5.74) is 6.76. The van der Waals surface area contributed by atoms with Crippen LogP contribution < -0.4 is 11.1 Å². The molecular weight excluding hydrogens is 244 g/mol. The smallest absolute Gasteiger partial charge is 0.232 e. The predicted molar refractivity (Wildman–Crippen MR) is 78.4 cm³/mol. The number of benzene rings is 1. The van der Waals surface area contributed by atoms with E-state index in [1.54, 1.807) is 11.8 Å². The van der Waals surface area contributed by atoms with E-state index in [9.17, 15) is 4.79 Å². The van der Waals surface area contributed by atoms with E-state index in [0.29, 0.717) is 19.0 Å². The van der Waals surface area contributed by atoms with Gasteiger partial charge in [-0.15, -0.1) is 11.8 Å². The Bertz CT molecular complexity index is 356. The van der Waals surface area contributed by atoms with Crippen LogP contribution in [-0.4, -0.2) is 24.2 Å². The Labute approximate surface area is 114 Å². The highest BCUT2D eigenvalue weighted by Gasteiger charge is 2.13. The molecule has 2 unspecified atom stereocenters. The molecule has 18 heavy (non-hydrogen) atoms. The molecule has 3 nitrogen and oxygen atoms in total. The Hall–Kier alpha value is -1.00. The van der Waals surface area contributed by atoms with E-state index >= 15 is 0 Å². The fourth-order valence-electron chi connectivity index (χ4n) is 1.37. The molecule has 0 aromatic heterocycles. The molecule has 0 radical (unpaired) electrons. The van der Waals surface area contributed by atoms with Gasteiger partial charge in [0.25, 0.3) is 0 Å². The lowest BCUT2D eigenvalue weighted by molar-refractivity contribution is -0.120. The quantitative estimate of drug-likeness (QED) is 0.794. The number of nitrogens with one attached hydrogen (secondary N) is 1. The van der Waals surface area contributed by atoms with Crippen LogP contribution in [0.25, 0.3) is 0 Å². The highest BCUT2D eigenvalue weighted by Crippen LogP contribution is 2.17. The molecule has 0 heterocycles. The highest BCUT2D eigenvalue weighted by atomic mass is 32.2. The fourth-order valence-corrected chi connectivity index (χ4v) is 2.24. The van der Waals surface area contributed by atoms with Crippen molar-refractivity contribution >= 4 is 17.7 Å². The molecule has 0 spiro atoms. The van der Waals surface area contributed by atoms with Crippen molar-refractivity contribution in [1.29, 1.82) is 0 Å². The lowest BCUT2D eigenvalue weighted by atomic mass is 10.2. The van der Waals surface area contributed by atoms with Gasteiger partial charge < -0.3 is 11.1 Å². The zero-order valence-electron chi connectivity index (χ0n) is 11.1. The van der Waals surface area contributed by atoms with E-state index in [0.717, 1.165) is 5.75 Å². The molecule has 1 rings (SSSR count). The minimum absolute atomic E-state index is 0.0322. The molecule has 0 bridgehead atoms. The Balaban J connectivity index is 2.27. The average Bonchev–Trinajstić information content (AvgIpc) is 2.42. The number of amides is 1. The summed E-state index contributed by atoms with van der Waals surface area (Å²) in [5.74, 6) is 1.29. The predicted octanol–water partition coefficient (Wildman–Crippen LogP) is 2.02. The molecule has 3 N–H and O–H groups in total. The SMILES string of the molecule is CC(CN)CNC(=O)C(C)SCc1ccccc1. The number of hydrogen-bond donors (Lipinski definition) is 2. The average molecular weight is 266 g/mol. The summed E-state index contributed by atoms with van der Waals surface area (Å²) in [5, 5.41) is 2.90. The van der Waals surface area contributed by atoms with Crippen molar-refractivity contribution in [2.24, 2.45) is 11.7 Å². The fraction of sp³-hybridized carbons (Fsp3) is 0.500. The second kappa shape index (κ2) is 8.16. The van der Waals surface area contributed by atoms with Crippen LogP contribution in [-0.2, 0) is 10.5 Å². The van der Waals surface area contributed by atoms with Crippen molar-refractivity contribution in [3.63, 3.8) is 0 Å². The molecule has 100 valence electrons. The van der Waals surface area contributed by atoms with Gasteiger partial charge in [-0.25, -0.2) is 0 Å². The van der Waals surface area contributed by atoms with E-state index in [-0.39, 0.29) is 11.2 Å². The molecule has 1 amide bonds. The first-order valence-electron chi connectivity index (χ1n) is 6.26. The molecule has 4 heteroatoms. The van der Waals surface area contributed by atoms with Crippen molar-refractivity contribution in [2.45, 2.75) is 24.9 Å². The summed E-state index contributed by atoms with van der Waals surface area (Å²) in [7, 11) is 0. The van der Waals surface area contributed by atoms with Gasteiger partial charge in [0, 0.05) is 12.3 Å². The maximum absolute atomic E-state index is 11.8. The van der Waals surface area contributed by atoms with E-state index in [2.05, 4.69) is 17.4 Å². The van der Waals surface area contributed by atoms with Crippen LogP contribution in [0.15, 0.2) is 30.3 Å². The van der Waals surface area contributed by atoms with Crippen LogP contribution in [0.2, 0.25) is 0 Å². The summed E-state index contributed by atoms with van der Waals surface area (Å²) in [6.45, 7) is 5.23. The van der Waals surface area contributed by atoms with E-state index < -0.39 is 0 Å². The first-order valence-corrected chi connectivity index (χ1v) is 7.31. The third kappa shape index (κ3) is 5.56. The largest absolute Gasteiger partial charge is 0.355 e. The summed E-state index contributed by atoms with van der Waals surface area (Å²) < 4.78 is 0. The van der Waals surface area contributed by atoms with E-state index in [1.807, 2.05) is 32.0 Å². The molecule has 1 aromatic rings. The highest BCUT2D eigenvalue weighted by molar-refractivity contribution is 7.99. The van der Waals surface area contributed by atoms with Crippen molar-refractivity contribution in [1.82, 2.24) is 5.32 Å². The Morgan fingerprint density at radius 1 is 1.33 bits per heavy atom. The molecular formula is C14H22N2OS. The summed E-state index contributed by atoms with van der Waals surface area (Å²) >= 11 is 1.65. The number of thioether (sulfide) groups is 1. The van der Waals surface area contributed by atoms with Gasteiger partial charge in [-0.2, -0.15) is 0 Å². The van der Waals surface area contributed by atoms with Gasteiger partial charge in [0.05, 0.1) is 5.25 Å². The third-order valence-corrected chi connectivity index (χ3v) is 3.95. The van der Waals surface area contributed by atoms with Gasteiger partial charge in [0.2, 0.25) is 5.91 Å². The van der Waals surface area contributed by atoms with Crippen molar-refractivity contribution < 1.29 is 4.79 Å². The number of carbonyl (C=O) groups is 1. The van der Waals surface area contributed by atoms with Gasteiger partial charge in [0.1, 0.15) is 0 Å². The summed E-state index contributed by atoms with van der Waals surface area (Å²) in [4.78, 5) is 11.8. The number of rotatable bonds is 7. The lowest BCUT2D eigenvalue weighted by Crippen LogP contribution is -2.35. The van der Waals surface area contributed by atoms with Gasteiger partial charge in [-0.05, 0) is 24.9 Å². The molecule has 0 saturated carbocycles. The maximum atomic E-state index is 11.8.